The highest BCUT2D eigenvalue weighted by Gasteiger charge is 2.44. The van der Waals surface area contributed by atoms with Crippen molar-refractivity contribution in [2.24, 2.45) is 0 Å². The number of para-hydroxylation sites is 1. The van der Waals surface area contributed by atoms with Crippen molar-refractivity contribution in [1.29, 1.82) is 0 Å². The van der Waals surface area contributed by atoms with Gasteiger partial charge in [-0.1, -0.05) is 199 Å². The zero-order valence-electron chi connectivity index (χ0n) is 40.7. The summed E-state index contributed by atoms with van der Waals surface area (Å²) in [5.74, 6) is 0. The molecule has 0 aliphatic heterocycles. The second kappa shape index (κ2) is 16.5. The van der Waals surface area contributed by atoms with E-state index in [1.54, 1.807) is 0 Å². The van der Waals surface area contributed by atoms with Gasteiger partial charge in [-0.2, -0.15) is 0 Å². The molecule has 0 unspecified atom stereocenters. The minimum atomic E-state index is -0.541. The van der Waals surface area contributed by atoms with Gasteiger partial charge < -0.3 is 14.2 Å². The van der Waals surface area contributed by atoms with Crippen LogP contribution in [0.4, 0.5) is 34.1 Å². The van der Waals surface area contributed by atoms with Gasteiger partial charge in [0.05, 0.1) is 16.5 Å². The third-order valence-electron chi connectivity index (χ3n) is 14.6. The van der Waals surface area contributed by atoms with Crippen molar-refractivity contribution in [3.05, 3.63) is 253 Å². The Morgan fingerprint density at radius 1 is 0.400 bits per heavy atom. The SMILES string of the molecule is CC(C)(C)c1ccc(N(c2ccc(-c3ccccc3)cc2)c2ccc3c(c2)C2(C=CC=C2)c2cc(N(c4ccc(-c5ccccc5)cc4)c4ccc(C(C)(C)C)cc4)c4c(oc5ccccc54)c2-3)cc1. The quantitative estimate of drug-likeness (QED) is 0.151. The molecule has 0 saturated heterocycles. The Balaban J connectivity index is 1.07. The van der Waals surface area contributed by atoms with E-state index in [9.17, 15) is 0 Å². The average molecular weight is 905 g/mol. The number of hydrogen-bond acceptors (Lipinski definition) is 3. The lowest BCUT2D eigenvalue weighted by Crippen LogP contribution is -2.19. The van der Waals surface area contributed by atoms with Gasteiger partial charge in [0.15, 0.2) is 0 Å². The molecule has 1 heterocycles. The van der Waals surface area contributed by atoms with E-state index in [2.05, 4.69) is 282 Å². The van der Waals surface area contributed by atoms with Gasteiger partial charge in [0, 0.05) is 39.4 Å². The molecular formula is C67H56N2O. The minimum absolute atomic E-state index is 0.0114. The Morgan fingerprint density at radius 3 is 1.36 bits per heavy atom. The van der Waals surface area contributed by atoms with E-state index in [-0.39, 0.29) is 10.8 Å². The average Bonchev–Trinajstić information content (AvgIpc) is 4.10. The van der Waals surface area contributed by atoms with Crippen LogP contribution < -0.4 is 9.80 Å². The number of hydrogen-bond donors (Lipinski definition) is 0. The summed E-state index contributed by atoms with van der Waals surface area (Å²) < 4.78 is 7.18. The van der Waals surface area contributed by atoms with Gasteiger partial charge in [-0.05, 0) is 134 Å². The number of benzene rings is 9. The Kier molecular flexibility index (Phi) is 10.2. The first-order valence-electron chi connectivity index (χ1n) is 24.6. The zero-order valence-corrected chi connectivity index (χ0v) is 40.7. The Morgan fingerprint density at radius 2 is 0.843 bits per heavy atom. The number of rotatable bonds is 8. The predicted octanol–water partition coefficient (Wildman–Crippen LogP) is 18.8. The Bertz CT molecular complexity index is 3610. The molecule has 1 aromatic heterocycles. The van der Waals surface area contributed by atoms with E-state index in [4.69, 9.17) is 4.42 Å². The molecule has 0 fully saturated rings. The van der Waals surface area contributed by atoms with E-state index in [0.717, 1.165) is 61.6 Å². The van der Waals surface area contributed by atoms with Crippen LogP contribution in [0.1, 0.15) is 63.8 Å². The summed E-state index contributed by atoms with van der Waals surface area (Å²) in [6, 6.07) is 75.6. The third kappa shape index (κ3) is 7.27. The molecule has 2 aliphatic rings. The molecule has 0 amide bonds. The van der Waals surface area contributed by atoms with Crippen LogP contribution in [0.2, 0.25) is 0 Å². The van der Waals surface area contributed by atoms with Crippen LogP contribution in [-0.2, 0) is 16.2 Å². The van der Waals surface area contributed by atoms with Crippen LogP contribution in [0.5, 0.6) is 0 Å². The predicted molar refractivity (Wildman–Crippen MR) is 296 cm³/mol. The summed E-state index contributed by atoms with van der Waals surface area (Å²) in [6.45, 7) is 13.7. The van der Waals surface area contributed by atoms with Crippen molar-refractivity contribution in [2.45, 2.75) is 57.8 Å². The number of allylic oxidation sites excluding steroid dienone is 4. The number of nitrogens with zero attached hydrogens (tertiary/aromatic N) is 2. The fraction of sp³-hybridized carbons (Fsp3) is 0.134. The lowest BCUT2D eigenvalue weighted by atomic mass is 9.79. The van der Waals surface area contributed by atoms with Gasteiger partial charge in [0.25, 0.3) is 0 Å². The van der Waals surface area contributed by atoms with E-state index in [1.807, 2.05) is 0 Å². The first-order valence-corrected chi connectivity index (χ1v) is 24.6. The largest absolute Gasteiger partial charge is 0.455 e. The van der Waals surface area contributed by atoms with Crippen molar-refractivity contribution in [3.8, 4) is 33.4 Å². The number of furan rings is 1. The summed E-state index contributed by atoms with van der Waals surface area (Å²) >= 11 is 0. The molecule has 0 atom stereocenters. The molecule has 0 N–H and O–H groups in total. The van der Waals surface area contributed by atoms with Crippen molar-refractivity contribution in [3.63, 3.8) is 0 Å². The molecule has 3 nitrogen and oxygen atoms in total. The Hall–Kier alpha value is -8.14. The van der Waals surface area contributed by atoms with Crippen LogP contribution in [0, 0.1) is 0 Å². The van der Waals surface area contributed by atoms with Crippen molar-refractivity contribution in [2.75, 3.05) is 9.80 Å². The van der Waals surface area contributed by atoms with Crippen LogP contribution in [0.25, 0.3) is 55.3 Å². The van der Waals surface area contributed by atoms with Crippen molar-refractivity contribution in [1.82, 2.24) is 0 Å². The van der Waals surface area contributed by atoms with E-state index in [0.29, 0.717) is 0 Å². The fourth-order valence-electron chi connectivity index (χ4n) is 10.8. The lowest BCUT2D eigenvalue weighted by Gasteiger charge is -2.30. The van der Waals surface area contributed by atoms with E-state index >= 15 is 0 Å². The second-order valence-corrected chi connectivity index (χ2v) is 21.0. The van der Waals surface area contributed by atoms with Gasteiger partial charge in [-0.15, -0.1) is 0 Å². The molecular weight excluding hydrogens is 849 g/mol. The molecule has 2 aliphatic carbocycles. The van der Waals surface area contributed by atoms with Gasteiger partial charge in [-0.25, -0.2) is 0 Å². The van der Waals surface area contributed by atoms with Gasteiger partial charge in [-0.3, -0.25) is 0 Å². The van der Waals surface area contributed by atoms with Gasteiger partial charge >= 0.3 is 0 Å². The maximum absolute atomic E-state index is 7.18. The van der Waals surface area contributed by atoms with Crippen molar-refractivity contribution >= 4 is 56.1 Å². The van der Waals surface area contributed by atoms with Gasteiger partial charge in [0.2, 0.25) is 0 Å². The summed E-state index contributed by atoms with van der Waals surface area (Å²) in [5, 5.41) is 2.19. The molecule has 0 radical (unpaired) electrons. The fourth-order valence-corrected chi connectivity index (χ4v) is 10.8. The summed E-state index contributed by atoms with van der Waals surface area (Å²) in [7, 11) is 0. The molecule has 12 rings (SSSR count). The smallest absolute Gasteiger partial charge is 0.145 e. The van der Waals surface area contributed by atoms with Crippen molar-refractivity contribution < 1.29 is 4.42 Å². The van der Waals surface area contributed by atoms with E-state index < -0.39 is 5.41 Å². The van der Waals surface area contributed by atoms with Gasteiger partial charge in [0.1, 0.15) is 11.2 Å². The van der Waals surface area contributed by atoms with Crippen LogP contribution in [0.3, 0.4) is 0 Å². The minimum Gasteiger partial charge on any atom is -0.455 e. The second-order valence-electron chi connectivity index (χ2n) is 21.0. The first-order chi connectivity index (χ1) is 33.9. The zero-order chi connectivity index (χ0) is 47.8. The highest BCUT2D eigenvalue weighted by molar-refractivity contribution is 6.19. The topological polar surface area (TPSA) is 19.6 Å². The first kappa shape index (κ1) is 43.2. The maximum Gasteiger partial charge on any atom is 0.145 e. The number of fused-ring (bicyclic) bond motifs is 9. The van der Waals surface area contributed by atoms with Crippen LogP contribution in [-0.4, -0.2) is 0 Å². The lowest BCUT2D eigenvalue weighted by molar-refractivity contribution is 0.590. The maximum atomic E-state index is 7.18. The summed E-state index contributed by atoms with van der Waals surface area (Å²) in [6.07, 6.45) is 9.19. The normalized spacial score (nSPS) is 13.6. The monoisotopic (exact) mass is 904 g/mol. The molecule has 0 bridgehead atoms. The molecule has 9 aromatic carbocycles. The molecule has 1 spiro atoms. The molecule has 70 heavy (non-hydrogen) atoms. The molecule has 3 heteroatoms. The summed E-state index contributed by atoms with van der Waals surface area (Å²) in [4.78, 5) is 4.85. The van der Waals surface area contributed by atoms with Crippen LogP contribution in [0.15, 0.2) is 235 Å². The standard InChI is InChI=1S/C67H56N2O/c1-65(2,3)49-27-35-52(36-28-49)68(51-31-23-47(24-32-51)45-17-9-7-10-18-45)55-39-40-56-58(43-55)67(41-15-16-42-67)59-44-60(63-57-21-13-14-22-61(57)70-64(63)62(56)59)69(54-37-29-50(30-38-54)66(4,5)6)53-33-25-48(26-34-53)46-19-11-8-12-20-46/h7-44H,1-6H3. The third-order valence-corrected chi connectivity index (χ3v) is 14.6. The number of anilines is 6. The van der Waals surface area contributed by atoms with E-state index in [1.165, 1.54) is 50.1 Å². The summed E-state index contributed by atoms with van der Waals surface area (Å²) in [5.41, 5.74) is 19.9. The molecule has 0 saturated carbocycles. The highest BCUT2D eigenvalue weighted by atomic mass is 16.3. The van der Waals surface area contributed by atoms with Crippen LogP contribution >= 0.6 is 0 Å². The Labute approximate surface area is 412 Å². The molecule has 10 aromatic rings. The highest BCUT2D eigenvalue weighted by Crippen LogP contribution is 2.59. The molecule has 340 valence electrons.